The van der Waals surface area contributed by atoms with Crippen molar-refractivity contribution in [2.75, 3.05) is 4.90 Å². The van der Waals surface area contributed by atoms with Gasteiger partial charge in [-0.15, -0.1) is 0 Å². The van der Waals surface area contributed by atoms with Crippen molar-refractivity contribution in [1.82, 2.24) is 0 Å². The molecule has 3 heteroatoms. The molecule has 61 heavy (non-hydrogen) atoms. The van der Waals surface area contributed by atoms with E-state index in [0.717, 1.165) is 57.4 Å². The number of anilines is 3. The molecule has 3 aliphatic rings. The summed E-state index contributed by atoms with van der Waals surface area (Å²) in [6.07, 6.45) is 8.46. The molecule has 0 unspecified atom stereocenters. The van der Waals surface area contributed by atoms with Gasteiger partial charge < -0.3 is 4.90 Å². The van der Waals surface area contributed by atoms with Crippen LogP contribution in [0.3, 0.4) is 0 Å². The van der Waals surface area contributed by atoms with Crippen molar-refractivity contribution in [2.24, 2.45) is 0 Å². The van der Waals surface area contributed by atoms with E-state index in [1.807, 2.05) is 12.1 Å². The maximum absolute atomic E-state index is 13.7. The van der Waals surface area contributed by atoms with Gasteiger partial charge in [0.25, 0.3) is 0 Å². The van der Waals surface area contributed by atoms with Crippen LogP contribution < -0.4 is 4.90 Å². The highest BCUT2D eigenvalue weighted by atomic mass is 16.2. The van der Waals surface area contributed by atoms with E-state index in [-0.39, 0.29) is 17.1 Å². The van der Waals surface area contributed by atoms with Crippen LogP contribution in [0.15, 0.2) is 169 Å². The molecule has 0 saturated carbocycles. The zero-order valence-electron chi connectivity index (χ0n) is 34.8. The van der Waals surface area contributed by atoms with Crippen molar-refractivity contribution in [1.29, 1.82) is 0 Å². The summed E-state index contributed by atoms with van der Waals surface area (Å²) in [4.78, 5) is 29.7. The zero-order valence-corrected chi connectivity index (χ0v) is 34.8. The summed E-state index contributed by atoms with van der Waals surface area (Å²) in [6, 6.07) is 51.4. The average Bonchev–Trinajstić information content (AvgIpc) is 3.73. The number of allylic oxidation sites excluding steroid dienone is 5. The Hall–Kier alpha value is -7.36. The number of benzene rings is 8. The fourth-order valence-electron chi connectivity index (χ4n) is 10.0. The van der Waals surface area contributed by atoms with Crippen molar-refractivity contribution in [3.05, 3.63) is 208 Å². The Balaban J connectivity index is 1.24. The second kappa shape index (κ2) is 14.1. The summed E-state index contributed by atoms with van der Waals surface area (Å²) in [6.45, 7) is 8.74. The summed E-state index contributed by atoms with van der Waals surface area (Å²) in [5.74, 6) is -0.434. The molecule has 8 aromatic rings. The number of rotatable bonds is 6. The first-order valence-corrected chi connectivity index (χ1v) is 21.2. The van der Waals surface area contributed by atoms with Crippen LogP contribution in [0.4, 0.5) is 17.1 Å². The van der Waals surface area contributed by atoms with E-state index in [0.29, 0.717) is 11.1 Å². The maximum atomic E-state index is 13.7. The molecule has 3 aliphatic carbocycles. The summed E-state index contributed by atoms with van der Waals surface area (Å²) >= 11 is 0. The molecule has 0 spiro atoms. The van der Waals surface area contributed by atoms with Gasteiger partial charge in [0.05, 0.1) is 11.3 Å². The first-order chi connectivity index (χ1) is 29.8. The van der Waals surface area contributed by atoms with Gasteiger partial charge in [-0.2, -0.15) is 0 Å². The fraction of sp³-hybridized carbons (Fsp3) is 0.103. The topological polar surface area (TPSA) is 37.4 Å². The van der Waals surface area contributed by atoms with Gasteiger partial charge >= 0.3 is 0 Å². The molecule has 0 aliphatic heterocycles. The van der Waals surface area contributed by atoms with E-state index in [1.54, 1.807) is 18.2 Å². The lowest BCUT2D eigenvalue weighted by molar-refractivity contribution is 0.0990. The van der Waals surface area contributed by atoms with Crippen LogP contribution in [-0.4, -0.2) is 11.6 Å². The molecule has 3 nitrogen and oxygen atoms in total. The van der Waals surface area contributed by atoms with Gasteiger partial charge in [-0.25, -0.2) is 0 Å². The Morgan fingerprint density at radius 1 is 0.508 bits per heavy atom. The largest absolute Gasteiger partial charge is 0.310 e. The minimum absolute atomic E-state index is 0.213. The van der Waals surface area contributed by atoms with Gasteiger partial charge in [0.2, 0.25) is 0 Å². The molecule has 292 valence electrons. The normalized spacial score (nSPS) is 14.0. The maximum Gasteiger partial charge on any atom is 0.197 e. The fourth-order valence-corrected chi connectivity index (χ4v) is 10.0. The molecule has 0 radical (unpaired) electrons. The Bertz CT molecular complexity index is 3220. The minimum Gasteiger partial charge on any atom is -0.310 e. The standard InChI is InChI=1S/C58H43NO2/c1-34-20-25-39(26-21-34)59(40-27-22-35(2)23-28-40)51-31-30-48-52-46(51)18-11-19-47(52)55-54(42-15-8-6-13-37(42)4)49-32-38(33-50-57(60)44-16-9-10-17-45(44)58(50)61)24-29-43(49)53(56(48)55)41-14-7-5-12-36(41)3/h6-11,13-33H,5,12H2,1-4H3. The van der Waals surface area contributed by atoms with Crippen LogP contribution in [-0.2, 0) is 0 Å². The summed E-state index contributed by atoms with van der Waals surface area (Å²) < 4.78 is 0. The second-order valence-corrected chi connectivity index (χ2v) is 16.9. The highest BCUT2D eigenvalue weighted by molar-refractivity contribution is 6.41. The van der Waals surface area contributed by atoms with Crippen molar-refractivity contribution < 1.29 is 9.59 Å². The molecule has 0 aromatic heterocycles. The van der Waals surface area contributed by atoms with E-state index < -0.39 is 0 Å². The Kier molecular flexibility index (Phi) is 8.51. The van der Waals surface area contributed by atoms with Gasteiger partial charge in [0, 0.05) is 27.9 Å². The monoisotopic (exact) mass is 785 g/mol. The third-order valence-electron chi connectivity index (χ3n) is 13.0. The molecule has 8 aromatic carbocycles. The number of hydrogen-bond acceptors (Lipinski definition) is 3. The van der Waals surface area contributed by atoms with E-state index >= 15 is 0 Å². The predicted molar refractivity (Wildman–Crippen MR) is 254 cm³/mol. The second-order valence-electron chi connectivity index (χ2n) is 16.9. The molecular formula is C58H43NO2. The molecule has 0 heterocycles. The van der Waals surface area contributed by atoms with E-state index in [4.69, 9.17) is 0 Å². The number of hydrogen-bond donors (Lipinski definition) is 0. The number of fused-ring (bicyclic) bond motifs is 5. The van der Waals surface area contributed by atoms with Crippen molar-refractivity contribution in [2.45, 2.75) is 40.5 Å². The minimum atomic E-state index is -0.217. The number of carbonyl (C=O) groups excluding carboxylic acids is 2. The lowest BCUT2D eigenvalue weighted by Gasteiger charge is -2.27. The lowest BCUT2D eigenvalue weighted by Crippen LogP contribution is -2.10. The van der Waals surface area contributed by atoms with Crippen molar-refractivity contribution >= 4 is 61.8 Å². The Labute approximate surface area is 356 Å². The van der Waals surface area contributed by atoms with Crippen LogP contribution in [0.1, 0.15) is 68.3 Å². The molecule has 0 atom stereocenters. The average molecular weight is 786 g/mol. The van der Waals surface area contributed by atoms with Crippen LogP contribution in [0.25, 0.3) is 66.6 Å². The first-order valence-electron chi connectivity index (χ1n) is 21.2. The van der Waals surface area contributed by atoms with Gasteiger partial charge in [0.1, 0.15) is 0 Å². The van der Waals surface area contributed by atoms with Crippen LogP contribution in [0, 0.1) is 20.8 Å². The lowest BCUT2D eigenvalue weighted by atomic mass is 9.79. The van der Waals surface area contributed by atoms with E-state index in [2.05, 4.69) is 166 Å². The molecule has 0 saturated heterocycles. The number of aryl methyl sites for hydroxylation is 3. The van der Waals surface area contributed by atoms with E-state index in [9.17, 15) is 9.59 Å². The van der Waals surface area contributed by atoms with Gasteiger partial charge in [-0.05, 0) is 155 Å². The SMILES string of the molecule is CC1=C(c2c3c(c(-c4ccccc4C)c4cc(C=C5C(=O)c6ccccc6C5=O)ccc24)-c2cccc4c(N(c5ccc(C)cc5)c5ccc(C)cc5)ccc-3c24)C=CCC1. The third kappa shape index (κ3) is 5.72. The predicted octanol–water partition coefficient (Wildman–Crippen LogP) is 15.3. The molecule has 0 amide bonds. The van der Waals surface area contributed by atoms with Gasteiger partial charge in [-0.1, -0.05) is 138 Å². The van der Waals surface area contributed by atoms with Crippen molar-refractivity contribution in [3.63, 3.8) is 0 Å². The van der Waals surface area contributed by atoms with Gasteiger partial charge in [0.15, 0.2) is 11.6 Å². The highest BCUT2D eigenvalue weighted by Crippen LogP contribution is 2.59. The first kappa shape index (κ1) is 36.7. The summed E-state index contributed by atoms with van der Waals surface area (Å²) in [5, 5.41) is 4.67. The van der Waals surface area contributed by atoms with Crippen LogP contribution in [0.2, 0.25) is 0 Å². The molecule has 11 rings (SSSR count). The number of carbonyl (C=O) groups is 2. The summed E-state index contributed by atoms with van der Waals surface area (Å²) in [7, 11) is 0. The van der Waals surface area contributed by atoms with Gasteiger partial charge in [-0.3, -0.25) is 9.59 Å². The quantitative estimate of drug-likeness (QED) is 0.124. The number of ketones is 2. The molecule has 0 fully saturated rings. The van der Waals surface area contributed by atoms with Crippen LogP contribution in [0.5, 0.6) is 0 Å². The smallest absolute Gasteiger partial charge is 0.197 e. The van der Waals surface area contributed by atoms with Crippen LogP contribution >= 0.6 is 0 Å². The van der Waals surface area contributed by atoms with E-state index in [1.165, 1.54) is 66.4 Å². The highest BCUT2D eigenvalue weighted by Gasteiger charge is 2.35. The number of Topliss-reactive ketones (excluding diaryl/α,β-unsaturated/α-hetero) is 2. The zero-order chi connectivity index (χ0) is 41.5. The third-order valence-corrected chi connectivity index (χ3v) is 13.0. The Morgan fingerprint density at radius 2 is 1.11 bits per heavy atom. The van der Waals surface area contributed by atoms with Crippen molar-refractivity contribution in [3.8, 4) is 33.4 Å². The summed E-state index contributed by atoms with van der Waals surface area (Å²) in [5.41, 5.74) is 20.0. The number of nitrogens with zero attached hydrogens (tertiary/aromatic N) is 1. The molecule has 0 N–H and O–H groups in total. The molecule has 0 bridgehead atoms. The Morgan fingerprint density at radius 3 is 1.77 bits per heavy atom. The molecular weight excluding hydrogens is 743 g/mol.